The third-order valence-electron chi connectivity index (χ3n) is 2.82. The number of nitrogen functional groups attached to an aromatic ring is 1. The molecule has 0 aliphatic carbocycles. The molecule has 1 aromatic heterocycles. The number of nitrogens with zero attached hydrogens (tertiary/aromatic N) is 1. The Morgan fingerprint density at radius 3 is 2.37 bits per heavy atom. The van der Waals surface area contributed by atoms with Crippen molar-refractivity contribution in [1.82, 2.24) is 0 Å². The van der Waals surface area contributed by atoms with E-state index in [9.17, 15) is 4.79 Å². The molecule has 108 valence electrons. The van der Waals surface area contributed by atoms with Crippen LogP contribution in [0.1, 0.15) is 37.4 Å². The lowest BCUT2D eigenvalue weighted by molar-refractivity contribution is 0.0944. The van der Waals surface area contributed by atoms with E-state index in [1.54, 1.807) is 11.8 Å². The molecule has 0 radical (unpaired) electrons. The normalized spacial score (nSPS) is 11.4. The molecule has 5 heteroatoms. The Morgan fingerprint density at radius 1 is 1.37 bits per heavy atom. The Hall–Kier alpha value is -0.680. The maximum absolute atomic E-state index is 12.2. The molecule has 1 rings (SSSR count). The number of anilines is 2. The average molecular weight is 300 g/mol. The highest BCUT2D eigenvalue weighted by Crippen LogP contribution is 2.44. The van der Waals surface area contributed by atoms with Gasteiger partial charge >= 0.3 is 0 Å². The van der Waals surface area contributed by atoms with Crippen LogP contribution in [-0.2, 0) is 0 Å². The van der Waals surface area contributed by atoms with Crippen LogP contribution in [0.5, 0.6) is 0 Å². The Bertz CT molecular complexity index is 453. The molecule has 2 N–H and O–H groups in total. The minimum Gasteiger partial charge on any atom is -0.396 e. The molecule has 0 atom stereocenters. The third-order valence-corrected chi connectivity index (χ3v) is 5.11. The van der Waals surface area contributed by atoms with Gasteiger partial charge in [-0.3, -0.25) is 4.79 Å². The average Bonchev–Trinajstić information content (AvgIpc) is 2.64. The number of Topliss-reactive ketones (excluding diaryl/α,β-unsaturated/α-hetero) is 1. The lowest BCUT2D eigenvalue weighted by Crippen LogP contribution is -2.21. The van der Waals surface area contributed by atoms with Crippen molar-refractivity contribution in [2.45, 2.75) is 32.6 Å². The van der Waals surface area contributed by atoms with Crippen LogP contribution in [0.2, 0.25) is 0 Å². The van der Waals surface area contributed by atoms with Crippen LogP contribution < -0.4 is 10.6 Å². The zero-order chi connectivity index (χ0) is 14.7. The second-order valence-corrected chi connectivity index (χ2v) is 7.29. The van der Waals surface area contributed by atoms with Crippen LogP contribution >= 0.6 is 23.1 Å². The number of thioether (sulfide) groups is 1. The molecule has 0 aliphatic rings. The largest absolute Gasteiger partial charge is 0.396 e. The van der Waals surface area contributed by atoms with Crippen LogP contribution in [0, 0.1) is 11.8 Å². The van der Waals surface area contributed by atoms with Crippen molar-refractivity contribution in [3.8, 4) is 0 Å². The summed E-state index contributed by atoms with van der Waals surface area (Å²) in [4.78, 5) is 16.1. The van der Waals surface area contributed by atoms with Gasteiger partial charge in [0, 0.05) is 19.5 Å². The van der Waals surface area contributed by atoms with Gasteiger partial charge in [0.25, 0.3) is 0 Å². The van der Waals surface area contributed by atoms with Gasteiger partial charge in [-0.15, -0.1) is 23.1 Å². The first-order chi connectivity index (χ1) is 8.79. The predicted octanol–water partition coefficient (Wildman–Crippen LogP) is 3.98. The molecule has 0 fully saturated rings. The number of thiophene rings is 1. The molecule has 0 saturated carbocycles. The van der Waals surface area contributed by atoms with Gasteiger partial charge in [-0.05, 0) is 12.2 Å². The van der Waals surface area contributed by atoms with Crippen molar-refractivity contribution in [2.24, 2.45) is 11.8 Å². The number of hydrogen-bond acceptors (Lipinski definition) is 5. The zero-order valence-corrected chi connectivity index (χ0v) is 14.2. The van der Waals surface area contributed by atoms with Crippen LogP contribution in [0.25, 0.3) is 0 Å². The van der Waals surface area contributed by atoms with E-state index in [-0.39, 0.29) is 11.7 Å². The van der Waals surface area contributed by atoms with Gasteiger partial charge in [0.2, 0.25) is 0 Å². The minimum atomic E-state index is -0.0149. The summed E-state index contributed by atoms with van der Waals surface area (Å²) < 4.78 is 0. The summed E-state index contributed by atoms with van der Waals surface area (Å²) >= 11 is 3.15. The highest BCUT2D eigenvalue weighted by atomic mass is 32.2. The van der Waals surface area contributed by atoms with Gasteiger partial charge in [-0.2, -0.15) is 0 Å². The van der Waals surface area contributed by atoms with Gasteiger partial charge in [0.1, 0.15) is 5.00 Å². The number of rotatable bonds is 6. The second-order valence-electron chi connectivity index (χ2n) is 5.48. The Kier molecular flexibility index (Phi) is 5.74. The number of nitrogens with two attached hydrogens (primary N) is 1. The topological polar surface area (TPSA) is 46.3 Å². The molecule has 1 aromatic rings. The van der Waals surface area contributed by atoms with E-state index in [1.807, 2.05) is 20.1 Å². The molecule has 19 heavy (non-hydrogen) atoms. The standard InChI is InChI=1S/C14H24N2OS2/c1-8(2)7-16(5)14-13(18-6)10(15)12(19-14)11(17)9(3)4/h8-9H,7,15H2,1-6H3. The molecule has 0 amide bonds. The van der Waals surface area contributed by atoms with Gasteiger partial charge in [-0.25, -0.2) is 0 Å². The highest BCUT2D eigenvalue weighted by Gasteiger charge is 2.24. The van der Waals surface area contributed by atoms with Gasteiger partial charge in [0.15, 0.2) is 5.78 Å². The quantitative estimate of drug-likeness (QED) is 0.637. The lowest BCUT2D eigenvalue weighted by atomic mass is 10.1. The molecule has 0 spiro atoms. The van der Waals surface area contributed by atoms with Gasteiger partial charge in [-0.1, -0.05) is 27.7 Å². The van der Waals surface area contributed by atoms with Crippen molar-refractivity contribution in [3.63, 3.8) is 0 Å². The summed E-state index contributed by atoms with van der Waals surface area (Å²) in [5.41, 5.74) is 6.82. The van der Waals surface area contributed by atoms with Gasteiger partial charge in [0.05, 0.1) is 15.5 Å². The van der Waals surface area contributed by atoms with E-state index in [4.69, 9.17) is 5.73 Å². The predicted molar refractivity (Wildman–Crippen MR) is 87.8 cm³/mol. The number of hydrogen-bond donors (Lipinski definition) is 1. The molecular weight excluding hydrogens is 276 g/mol. The van der Waals surface area contributed by atoms with E-state index in [0.29, 0.717) is 16.5 Å². The van der Waals surface area contributed by atoms with Crippen molar-refractivity contribution in [2.75, 3.05) is 30.5 Å². The molecule has 0 saturated heterocycles. The van der Waals surface area contributed by atoms with Crippen LogP contribution in [0.15, 0.2) is 4.90 Å². The van der Waals surface area contributed by atoms with Crippen LogP contribution in [0.4, 0.5) is 10.7 Å². The van der Waals surface area contributed by atoms with Crippen LogP contribution in [-0.4, -0.2) is 25.6 Å². The Labute approximate surface area is 124 Å². The number of carbonyl (C=O) groups is 1. The zero-order valence-electron chi connectivity index (χ0n) is 12.6. The summed E-state index contributed by atoms with van der Waals surface area (Å²) in [5.74, 6) is 0.702. The molecule has 0 bridgehead atoms. The molecule has 3 nitrogen and oxygen atoms in total. The molecular formula is C14H24N2OS2. The van der Waals surface area contributed by atoms with E-state index in [1.165, 1.54) is 11.3 Å². The minimum absolute atomic E-state index is 0.0149. The van der Waals surface area contributed by atoms with Crippen LogP contribution in [0.3, 0.4) is 0 Å². The fraction of sp³-hybridized carbons (Fsp3) is 0.643. The molecule has 0 aromatic carbocycles. The van der Waals surface area contributed by atoms with Gasteiger partial charge < -0.3 is 10.6 Å². The molecule has 1 heterocycles. The van der Waals surface area contributed by atoms with Crippen molar-refractivity contribution >= 4 is 39.6 Å². The number of carbonyl (C=O) groups excluding carboxylic acids is 1. The monoisotopic (exact) mass is 300 g/mol. The SMILES string of the molecule is CSc1c(N(C)CC(C)C)sc(C(=O)C(C)C)c1N. The van der Waals surface area contributed by atoms with Crippen molar-refractivity contribution in [1.29, 1.82) is 0 Å². The maximum Gasteiger partial charge on any atom is 0.177 e. The first-order valence-corrected chi connectivity index (χ1v) is 8.55. The molecule has 0 aliphatic heterocycles. The first kappa shape index (κ1) is 16.4. The van der Waals surface area contributed by atoms with E-state index >= 15 is 0 Å². The second kappa shape index (κ2) is 6.66. The summed E-state index contributed by atoms with van der Waals surface area (Å²) in [7, 11) is 2.06. The van der Waals surface area contributed by atoms with Crippen molar-refractivity contribution < 1.29 is 4.79 Å². The number of ketones is 1. The highest BCUT2D eigenvalue weighted by molar-refractivity contribution is 7.99. The van der Waals surface area contributed by atoms with E-state index in [0.717, 1.165) is 16.4 Å². The van der Waals surface area contributed by atoms with Crippen molar-refractivity contribution in [3.05, 3.63) is 4.88 Å². The maximum atomic E-state index is 12.2. The summed E-state index contributed by atoms with van der Waals surface area (Å²) in [6, 6.07) is 0. The molecule has 0 unspecified atom stereocenters. The smallest absolute Gasteiger partial charge is 0.177 e. The summed E-state index contributed by atoms with van der Waals surface area (Å²) in [6.45, 7) is 9.16. The summed E-state index contributed by atoms with van der Waals surface area (Å²) in [5, 5.41) is 1.11. The summed E-state index contributed by atoms with van der Waals surface area (Å²) in [6.07, 6.45) is 2.01. The first-order valence-electron chi connectivity index (χ1n) is 6.51. The fourth-order valence-electron chi connectivity index (χ4n) is 1.94. The van der Waals surface area contributed by atoms with E-state index in [2.05, 4.69) is 25.8 Å². The fourth-order valence-corrected chi connectivity index (χ4v) is 4.21. The Balaban J connectivity index is 3.19. The Morgan fingerprint density at radius 2 is 1.95 bits per heavy atom. The lowest BCUT2D eigenvalue weighted by Gasteiger charge is -2.20. The third kappa shape index (κ3) is 3.66. The van der Waals surface area contributed by atoms with E-state index < -0.39 is 0 Å².